The molecule has 1 unspecified atom stereocenters. The number of hydrogen-bond donors (Lipinski definition) is 2. The molecule has 1 aliphatic carbocycles. The summed E-state index contributed by atoms with van der Waals surface area (Å²) in [6, 6.07) is 19.5. The second-order valence-corrected chi connectivity index (χ2v) is 7.79. The Hall–Kier alpha value is -3.80. The van der Waals surface area contributed by atoms with Crippen LogP contribution in [-0.4, -0.2) is 15.9 Å². The Kier molecular flexibility index (Phi) is 4.82. The molecule has 4 aromatic rings. The maximum Gasteiger partial charge on any atom is 0.251 e. The lowest BCUT2D eigenvalue weighted by Crippen LogP contribution is -2.31. The third-order valence-electron chi connectivity index (χ3n) is 5.73. The van der Waals surface area contributed by atoms with Crippen LogP contribution in [0.5, 0.6) is 0 Å². The second kappa shape index (κ2) is 7.80. The molecule has 3 N–H and O–H groups in total. The predicted molar refractivity (Wildman–Crippen MR) is 119 cm³/mol. The third kappa shape index (κ3) is 3.72. The van der Waals surface area contributed by atoms with Gasteiger partial charge in [0.15, 0.2) is 5.82 Å². The summed E-state index contributed by atoms with van der Waals surface area (Å²) in [6.07, 6.45) is 2.56. The number of aromatic nitrogens is 2. The average Bonchev–Trinajstić information content (AvgIpc) is 2.78. The van der Waals surface area contributed by atoms with E-state index in [9.17, 15) is 9.18 Å². The van der Waals surface area contributed by atoms with Gasteiger partial charge in [0.25, 0.3) is 5.91 Å². The molecule has 154 valence electrons. The van der Waals surface area contributed by atoms with Crippen molar-refractivity contribution in [3.8, 4) is 11.3 Å². The highest BCUT2D eigenvalue weighted by molar-refractivity contribution is 5.98. The highest BCUT2D eigenvalue weighted by Gasteiger charge is 2.23. The van der Waals surface area contributed by atoms with Crippen molar-refractivity contribution in [2.24, 2.45) is 0 Å². The lowest BCUT2D eigenvalue weighted by atomic mass is 9.87. The van der Waals surface area contributed by atoms with E-state index in [4.69, 9.17) is 5.73 Å². The molecule has 0 aliphatic heterocycles. The van der Waals surface area contributed by atoms with Gasteiger partial charge < -0.3 is 11.1 Å². The Morgan fingerprint density at radius 2 is 1.84 bits per heavy atom. The first-order valence-corrected chi connectivity index (χ1v) is 10.3. The van der Waals surface area contributed by atoms with E-state index in [2.05, 4.69) is 15.3 Å². The van der Waals surface area contributed by atoms with E-state index in [1.165, 1.54) is 6.07 Å². The summed E-state index contributed by atoms with van der Waals surface area (Å²) in [4.78, 5) is 22.1. The number of rotatable bonds is 3. The smallest absolute Gasteiger partial charge is 0.251 e. The first-order chi connectivity index (χ1) is 15.1. The van der Waals surface area contributed by atoms with Crippen molar-refractivity contribution in [3.05, 3.63) is 89.2 Å². The molecule has 1 aromatic heterocycles. The third-order valence-corrected chi connectivity index (χ3v) is 5.73. The van der Waals surface area contributed by atoms with Crippen molar-refractivity contribution in [1.29, 1.82) is 0 Å². The van der Waals surface area contributed by atoms with E-state index in [1.807, 2.05) is 30.3 Å². The zero-order valence-corrected chi connectivity index (χ0v) is 16.8. The van der Waals surface area contributed by atoms with Crippen LogP contribution in [-0.2, 0) is 6.42 Å². The number of amides is 1. The molecular weight excluding hydrogens is 391 g/mol. The molecule has 0 saturated carbocycles. The summed E-state index contributed by atoms with van der Waals surface area (Å²) >= 11 is 0. The van der Waals surface area contributed by atoms with Crippen molar-refractivity contribution >= 4 is 22.8 Å². The van der Waals surface area contributed by atoms with Gasteiger partial charge in [-0.3, -0.25) is 4.79 Å². The number of halogens is 1. The SMILES string of the molecule is Nc1nc2cc(C(=O)NC3CCCc4cc(F)ccc43)ccc2nc1-c1ccccc1. The molecule has 1 atom stereocenters. The summed E-state index contributed by atoms with van der Waals surface area (Å²) in [5.41, 5.74) is 11.3. The number of fused-ring (bicyclic) bond motifs is 2. The fourth-order valence-corrected chi connectivity index (χ4v) is 4.19. The number of nitrogen functional groups attached to an aromatic ring is 1. The molecule has 5 rings (SSSR count). The lowest BCUT2D eigenvalue weighted by molar-refractivity contribution is 0.0933. The van der Waals surface area contributed by atoms with Crippen LogP contribution in [0.2, 0.25) is 0 Å². The van der Waals surface area contributed by atoms with Gasteiger partial charge in [-0.2, -0.15) is 0 Å². The van der Waals surface area contributed by atoms with Crippen molar-refractivity contribution in [2.75, 3.05) is 5.73 Å². The molecular formula is C25H21FN4O. The van der Waals surface area contributed by atoms with Gasteiger partial charge in [-0.05, 0) is 60.7 Å². The molecule has 0 fully saturated rings. The van der Waals surface area contributed by atoms with Crippen molar-refractivity contribution < 1.29 is 9.18 Å². The number of aryl methyl sites for hydroxylation is 1. The topological polar surface area (TPSA) is 80.9 Å². The van der Waals surface area contributed by atoms with Crippen LogP contribution < -0.4 is 11.1 Å². The summed E-state index contributed by atoms with van der Waals surface area (Å²) in [6.45, 7) is 0. The van der Waals surface area contributed by atoms with Crippen LogP contribution in [0, 0.1) is 5.82 Å². The van der Waals surface area contributed by atoms with E-state index in [-0.39, 0.29) is 17.8 Å². The second-order valence-electron chi connectivity index (χ2n) is 7.79. The first kappa shape index (κ1) is 19.2. The fourth-order valence-electron chi connectivity index (χ4n) is 4.19. The van der Waals surface area contributed by atoms with E-state index in [0.29, 0.717) is 28.1 Å². The number of nitrogens with two attached hydrogens (primary N) is 1. The Labute approximate surface area is 179 Å². The molecule has 1 aliphatic rings. The number of nitrogens with zero attached hydrogens (tertiary/aromatic N) is 2. The first-order valence-electron chi connectivity index (χ1n) is 10.3. The maximum atomic E-state index is 13.6. The molecule has 3 aromatic carbocycles. The number of nitrogens with one attached hydrogen (secondary N) is 1. The summed E-state index contributed by atoms with van der Waals surface area (Å²) < 4.78 is 13.6. The van der Waals surface area contributed by atoms with E-state index in [1.54, 1.807) is 30.3 Å². The minimum Gasteiger partial charge on any atom is -0.382 e. The van der Waals surface area contributed by atoms with Gasteiger partial charge >= 0.3 is 0 Å². The van der Waals surface area contributed by atoms with Gasteiger partial charge in [-0.25, -0.2) is 14.4 Å². The Morgan fingerprint density at radius 3 is 2.68 bits per heavy atom. The number of anilines is 1. The summed E-state index contributed by atoms with van der Waals surface area (Å²) in [5.74, 6) is -0.123. The van der Waals surface area contributed by atoms with Crippen molar-refractivity contribution in [2.45, 2.75) is 25.3 Å². The molecule has 5 nitrogen and oxygen atoms in total. The minimum absolute atomic E-state index is 0.135. The van der Waals surface area contributed by atoms with Gasteiger partial charge in [0, 0.05) is 11.1 Å². The van der Waals surface area contributed by atoms with Gasteiger partial charge in [0.1, 0.15) is 11.5 Å². The van der Waals surface area contributed by atoms with Crippen LogP contribution in [0.3, 0.4) is 0 Å². The van der Waals surface area contributed by atoms with Gasteiger partial charge in [0.2, 0.25) is 0 Å². The van der Waals surface area contributed by atoms with Crippen LogP contribution >= 0.6 is 0 Å². The number of benzene rings is 3. The van der Waals surface area contributed by atoms with Crippen LogP contribution in [0.15, 0.2) is 66.7 Å². The Balaban J connectivity index is 1.43. The van der Waals surface area contributed by atoms with E-state index < -0.39 is 0 Å². The maximum absolute atomic E-state index is 13.6. The van der Waals surface area contributed by atoms with Crippen LogP contribution in [0.4, 0.5) is 10.2 Å². The molecule has 1 heterocycles. The van der Waals surface area contributed by atoms with Crippen molar-refractivity contribution in [3.63, 3.8) is 0 Å². The molecule has 31 heavy (non-hydrogen) atoms. The minimum atomic E-state index is -0.244. The van der Waals surface area contributed by atoms with Crippen molar-refractivity contribution in [1.82, 2.24) is 15.3 Å². The molecule has 0 radical (unpaired) electrons. The molecule has 1 amide bonds. The monoisotopic (exact) mass is 412 g/mol. The zero-order chi connectivity index (χ0) is 21.4. The van der Waals surface area contributed by atoms with Gasteiger partial charge in [-0.1, -0.05) is 36.4 Å². The number of hydrogen-bond acceptors (Lipinski definition) is 4. The number of carbonyl (C=O) groups is 1. The highest BCUT2D eigenvalue weighted by Crippen LogP contribution is 2.31. The zero-order valence-electron chi connectivity index (χ0n) is 16.8. The Morgan fingerprint density at radius 1 is 1.00 bits per heavy atom. The standard InChI is InChI=1S/C25H21FN4O/c26-18-10-11-19-16(13-18)7-4-8-20(19)30-25(31)17-9-12-21-22(14-17)29-24(27)23(28-21)15-5-2-1-3-6-15/h1-3,5-6,9-14,20H,4,7-8H2,(H2,27,29)(H,30,31). The normalized spacial score (nSPS) is 15.5. The molecule has 6 heteroatoms. The lowest BCUT2D eigenvalue weighted by Gasteiger charge is -2.26. The predicted octanol–water partition coefficient (Wildman–Crippen LogP) is 4.83. The van der Waals surface area contributed by atoms with Gasteiger partial charge in [0.05, 0.1) is 17.1 Å². The average molecular weight is 412 g/mol. The van der Waals surface area contributed by atoms with E-state index in [0.717, 1.165) is 36.0 Å². The quantitative estimate of drug-likeness (QED) is 0.505. The highest BCUT2D eigenvalue weighted by atomic mass is 19.1. The van der Waals surface area contributed by atoms with Crippen LogP contribution in [0.25, 0.3) is 22.3 Å². The fraction of sp³-hybridized carbons (Fsp3) is 0.160. The largest absolute Gasteiger partial charge is 0.382 e. The molecule has 0 bridgehead atoms. The molecule has 0 spiro atoms. The molecule has 0 saturated heterocycles. The van der Waals surface area contributed by atoms with Crippen LogP contribution in [0.1, 0.15) is 40.4 Å². The summed E-state index contributed by atoms with van der Waals surface area (Å²) in [5, 5.41) is 3.09. The number of carbonyl (C=O) groups excluding carboxylic acids is 1. The van der Waals surface area contributed by atoms with Gasteiger partial charge in [-0.15, -0.1) is 0 Å². The summed E-state index contributed by atoms with van der Waals surface area (Å²) in [7, 11) is 0. The Bertz CT molecular complexity index is 1290. The van der Waals surface area contributed by atoms with E-state index >= 15 is 0 Å².